The number of nitrogens with zero attached hydrogens (tertiary/aromatic N) is 3. The molecule has 0 spiro atoms. The van der Waals surface area contributed by atoms with Crippen LogP contribution in [0.5, 0.6) is 0 Å². The number of alkyl halides is 6. The third kappa shape index (κ3) is 10.8. The van der Waals surface area contributed by atoms with Crippen molar-refractivity contribution in [3.8, 4) is 0 Å². The lowest BCUT2D eigenvalue weighted by molar-refractivity contribution is -0.193. The van der Waals surface area contributed by atoms with Crippen LogP contribution in [0.1, 0.15) is 17.5 Å². The van der Waals surface area contributed by atoms with Gasteiger partial charge in [-0.2, -0.15) is 37.7 Å². The van der Waals surface area contributed by atoms with Crippen molar-refractivity contribution in [3.05, 3.63) is 52.5 Å². The molecule has 2 aliphatic rings. The second kappa shape index (κ2) is 14.2. The van der Waals surface area contributed by atoms with Gasteiger partial charge in [-0.3, -0.25) is 14.7 Å². The van der Waals surface area contributed by atoms with Crippen molar-refractivity contribution in [3.63, 3.8) is 0 Å². The largest absolute Gasteiger partial charge is 0.490 e. The van der Waals surface area contributed by atoms with Gasteiger partial charge in [0.05, 0.1) is 25.2 Å². The fraction of sp³-hybridized carbons (Fsp3) is 0.478. The molecule has 2 fully saturated rings. The molecule has 2 aromatic rings. The summed E-state index contributed by atoms with van der Waals surface area (Å²) in [6.45, 7) is 4.14. The van der Waals surface area contributed by atoms with Crippen LogP contribution in [0.4, 0.5) is 26.3 Å². The number of pyridine rings is 1. The first kappa shape index (κ1) is 32.0. The Kier molecular flexibility index (Phi) is 11.7. The molecule has 4 heterocycles. The van der Waals surface area contributed by atoms with Gasteiger partial charge in [-0.1, -0.05) is 0 Å². The van der Waals surface area contributed by atoms with Gasteiger partial charge in [0.2, 0.25) is 5.91 Å². The van der Waals surface area contributed by atoms with Gasteiger partial charge in [-0.15, -0.1) is 0 Å². The number of halogens is 6. The highest BCUT2D eigenvalue weighted by molar-refractivity contribution is 7.08. The van der Waals surface area contributed by atoms with Gasteiger partial charge < -0.3 is 19.8 Å². The zero-order valence-electron chi connectivity index (χ0n) is 20.2. The Morgan fingerprint density at radius 3 is 2.08 bits per heavy atom. The van der Waals surface area contributed by atoms with E-state index >= 15 is 0 Å². The first-order chi connectivity index (χ1) is 18.2. The van der Waals surface area contributed by atoms with Crippen LogP contribution in [0, 0.1) is 0 Å². The molecule has 1 amide bonds. The summed E-state index contributed by atoms with van der Waals surface area (Å²) < 4.78 is 69.5. The van der Waals surface area contributed by atoms with E-state index in [1.165, 1.54) is 5.56 Å². The van der Waals surface area contributed by atoms with Gasteiger partial charge in [0.1, 0.15) is 0 Å². The molecule has 2 aliphatic heterocycles. The molecular formula is C23H25F6N3O6S. The van der Waals surface area contributed by atoms with Crippen LogP contribution in [-0.4, -0.2) is 93.6 Å². The topological polar surface area (TPSA) is 120 Å². The lowest BCUT2D eigenvalue weighted by atomic mass is 9.97. The van der Waals surface area contributed by atoms with E-state index in [1.807, 2.05) is 28.7 Å². The molecule has 0 bridgehead atoms. The predicted octanol–water partition coefficient (Wildman–Crippen LogP) is 3.45. The number of piperidine rings is 1. The number of likely N-dealkylation sites (tertiary alicyclic amines) is 1. The second-order valence-corrected chi connectivity index (χ2v) is 9.13. The third-order valence-electron chi connectivity index (χ3n) is 5.61. The molecule has 0 saturated carbocycles. The van der Waals surface area contributed by atoms with Crippen LogP contribution in [0.15, 0.2) is 41.4 Å². The number of morpholine rings is 1. The van der Waals surface area contributed by atoms with E-state index in [9.17, 15) is 31.1 Å². The van der Waals surface area contributed by atoms with E-state index in [-0.39, 0.29) is 18.1 Å². The van der Waals surface area contributed by atoms with Crippen LogP contribution in [0.25, 0.3) is 0 Å². The van der Waals surface area contributed by atoms with Gasteiger partial charge in [-0.05, 0) is 46.5 Å². The van der Waals surface area contributed by atoms with Gasteiger partial charge in [0.25, 0.3) is 0 Å². The van der Waals surface area contributed by atoms with Gasteiger partial charge >= 0.3 is 24.3 Å². The summed E-state index contributed by atoms with van der Waals surface area (Å²) in [7, 11) is 0. The number of hydrogen-bond acceptors (Lipinski definition) is 7. The number of hydrogen-bond donors (Lipinski definition) is 2. The number of carboxylic acid groups (broad SMARTS) is 2. The minimum atomic E-state index is -5.08. The normalized spacial score (nSPS) is 19.5. The lowest BCUT2D eigenvalue weighted by Gasteiger charge is -2.47. The average molecular weight is 586 g/mol. The first-order valence-electron chi connectivity index (χ1n) is 11.3. The number of aromatic nitrogens is 1. The Bertz CT molecular complexity index is 1040. The number of carbonyl (C=O) groups excluding carboxylic acids is 1. The summed E-state index contributed by atoms with van der Waals surface area (Å²) in [4.78, 5) is 39.0. The molecular weight excluding hydrogens is 560 g/mol. The Balaban J connectivity index is 0.000000317. The summed E-state index contributed by atoms with van der Waals surface area (Å²) in [6, 6.07) is 6.44. The van der Waals surface area contributed by atoms with E-state index < -0.39 is 24.3 Å². The fourth-order valence-electron chi connectivity index (χ4n) is 3.77. The zero-order valence-corrected chi connectivity index (χ0v) is 21.0. The standard InChI is InChI=1S/C19H23N3O2S.2C2HF3O2/c23-19(11-16-4-10-25-14-16)22-7-3-18-17(13-22)21(8-9-24-18)12-15-1-5-20-6-2-15;2*3-2(4,5)1(6)7/h1-2,4-6,10,14,17-18H,3,7-9,11-13H2;2*(H,6,7)/t17-,18-;;/m0../s1. The van der Waals surface area contributed by atoms with E-state index in [1.54, 1.807) is 11.3 Å². The number of carbonyl (C=O) groups is 3. The summed E-state index contributed by atoms with van der Waals surface area (Å²) in [5.41, 5.74) is 2.38. The average Bonchev–Trinajstić information content (AvgIpc) is 3.37. The molecule has 2 aromatic heterocycles. The molecule has 216 valence electrons. The van der Waals surface area contributed by atoms with Crippen molar-refractivity contribution in [1.82, 2.24) is 14.8 Å². The molecule has 0 aliphatic carbocycles. The highest BCUT2D eigenvalue weighted by Gasteiger charge is 2.39. The molecule has 2 saturated heterocycles. The van der Waals surface area contributed by atoms with Crippen LogP contribution in [0.3, 0.4) is 0 Å². The number of carboxylic acids is 2. The molecule has 0 radical (unpaired) electrons. The monoisotopic (exact) mass is 585 g/mol. The number of rotatable bonds is 4. The minimum Gasteiger partial charge on any atom is -0.475 e. The maximum atomic E-state index is 12.7. The van der Waals surface area contributed by atoms with Crippen molar-refractivity contribution in [1.29, 1.82) is 0 Å². The van der Waals surface area contributed by atoms with Crippen LogP contribution >= 0.6 is 11.3 Å². The van der Waals surface area contributed by atoms with Crippen LogP contribution in [-0.2, 0) is 32.1 Å². The summed E-state index contributed by atoms with van der Waals surface area (Å²) in [5, 5.41) is 18.3. The zero-order chi connectivity index (χ0) is 29.2. The maximum Gasteiger partial charge on any atom is 0.490 e. The van der Waals surface area contributed by atoms with E-state index in [2.05, 4.69) is 27.4 Å². The Hall–Kier alpha value is -3.24. The van der Waals surface area contributed by atoms with Crippen molar-refractivity contribution in [2.75, 3.05) is 26.2 Å². The van der Waals surface area contributed by atoms with E-state index in [0.29, 0.717) is 6.42 Å². The maximum absolute atomic E-state index is 12.7. The molecule has 2 atom stereocenters. The van der Waals surface area contributed by atoms with E-state index in [4.69, 9.17) is 24.5 Å². The Morgan fingerprint density at radius 1 is 0.974 bits per heavy atom. The highest BCUT2D eigenvalue weighted by atomic mass is 32.1. The molecule has 0 unspecified atom stereocenters. The Morgan fingerprint density at radius 2 is 1.56 bits per heavy atom. The van der Waals surface area contributed by atoms with Crippen molar-refractivity contribution in [2.45, 2.75) is 43.9 Å². The van der Waals surface area contributed by atoms with Gasteiger partial charge in [0.15, 0.2) is 0 Å². The van der Waals surface area contributed by atoms with Crippen molar-refractivity contribution in [2.24, 2.45) is 0 Å². The molecule has 16 heteroatoms. The number of fused-ring (bicyclic) bond motifs is 1. The quantitative estimate of drug-likeness (QED) is 0.524. The lowest BCUT2D eigenvalue weighted by Crippen LogP contribution is -2.60. The van der Waals surface area contributed by atoms with Gasteiger partial charge in [0, 0.05) is 38.6 Å². The molecule has 9 nitrogen and oxygen atoms in total. The molecule has 2 N–H and O–H groups in total. The number of ether oxygens (including phenoxy) is 1. The number of thiophene rings is 1. The fourth-order valence-corrected chi connectivity index (χ4v) is 4.44. The summed E-state index contributed by atoms with van der Waals surface area (Å²) in [5.74, 6) is -5.29. The highest BCUT2D eigenvalue weighted by Crippen LogP contribution is 2.25. The number of aliphatic carboxylic acids is 2. The summed E-state index contributed by atoms with van der Waals surface area (Å²) in [6.07, 6.45) is -4.82. The van der Waals surface area contributed by atoms with Crippen molar-refractivity contribution < 1.29 is 55.7 Å². The van der Waals surface area contributed by atoms with E-state index in [0.717, 1.165) is 44.8 Å². The number of amides is 1. The first-order valence-corrected chi connectivity index (χ1v) is 12.3. The Labute approximate surface area is 222 Å². The van der Waals surface area contributed by atoms with Gasteiger partial charge in [-0.25, -0.2) is 9.59 Å². The van der Waals surface area contributed by atoms with Crippen molar-refractivity contribution >= 4 is 29.2 Å². The SMILES string of the molecule is O=C(Cc1ccsc1)N1CC[C@@H]2OCCN(Cc3ccncc3)[C@H]2C1.O=C(O)C(F)(F)F.O=C(O)C(F)(F)F. The minimum absolute atomic E-state index is 0.228. The van der Waals surface area contributed by atoms with Crippen LogP contribution in [0.2, 0.25) is 0 Å². The molecule has 4 rings (SSSR count). The molecule has 39 heavy (non-hydrogen) atoms. The molecule has 0 aromatic carbocycles. The second-order valence-electron chi connectivity index (χ2n) is 8.35. The van der Waals surface area contributed by atoms with Crippen LogP contribution < -0.4 is 0 Å². The smallest absolute Gasteiger partial charge is 0.475 e. The third-order valence-corrected chi connectivity index (χ3v) is 6.34. The predicted molar refractivity (Wildman–Crippen MR) is 125 cm³/mol. The summed E-state index contributed by atoms with van der Waals surface area (Å²) >= 11 is 1.64.